The number of halogens is 3. The van der Waals surface area contributed by atoms with Crippen molar-refractivity contribution in [1.82, 2.24) is 20.2 Å². The van der Waals surface area contributed by atoms with Crippen LogP contribution in [0.4, 0.5) is 13.2 Å². The highest BCUT2D eigenvalue weighted by Crippen LogP contribution is 2.31. The van der Waals surface area contributed by atoms with E-state index in [1.807, 2.05) is 0 Å². The van der Waals surface area contributed by atoms with Crippen molar-refractivity contribution in [3.8, 4) is 11.4 Å². The highest BCUT2D eigenvalue weighted by molar-refractivity contribution is 5.94. The molecule has 1 aliphatic rings. The van der Waals surface area contributed by atoms with Crippen molar-refractivity contribution in [2.24, 2.45) is 0 Å². The van der Waals surface area contributed by atoms with Gasteiger partial charge in [-0.3, -0.25) is 4.79 Å². The summed E-state index contributed by atoms with van der Waals surface area (Å²) in [5.74, 6) is -0.0432. The number of aromatic nitrogens is 2. The average Bonchev–Trinajstić information content (AvgIpc) is 3.03. The van der Waals surface area contributed by atoms with Crippen LogP contribution in [0.5, 0.6) is 0 Å². The minimum atomic E-state index is -4.43. The second-order valence-electron chi connectivity index (χ2n) is 7.52. The van der Waals surface area contributed by atoms with Crippen LogP contribution >= 0.6 is 0 Å². The molecule has 0 unspecified atom stereocenters. The van der Waals surface area contributed by atoms with E-state index in [1.165, 1.54) is 12.1 Å². The maximum Gasteiger partial charge on any atom is 0.416 e. The van der Waals surface area contributed by atoms with E-state index in [2.05, 4.69) is 34.0 Å². The molecule has 2 heterocycles. The number of carbonyl (C=O) groups is 1. The molecule has 1 saturated heterocycles. The van der Waals surface area contributed by atoms with Gasteiger partial charge in [0.2, 0.25) is 0 Å². The molecular weight excluding hydrogens is 369 g/mol. The molecule has 0 aliphatic carbocycles. The summed E-state index contributed by atoms with van der Waals surface area (Å²) in [5, 5.41) is 3.01. The number of nitrogens with zero attached hydrogens (tertiary/aromatic N) is 2. The smallest absolute Gasteiger partial charge is 0.348 e. The van der Waals surface area contributed by atoms with Crippen molar-refractivity contribution in [3.63, 3.8) is 0 Å². The number of amides is 1. The third-order valence-corrected chi connectivity index (χ3v) is 5.16. The fourth-order valence-corrected chi connectivity index (χ4v) is 3.47. The third kappa shape index (κ3) is 4.55. The number of likely N-dealkylation sites (tertiary alicyclic amines) is 1. The van der Waals surface area contributed by atoms with Gasteiger partial charge in [0.05, 0.1) is 5.56 Å². The van der Waals surface area contributed by atoms with E-state index in [9.17, 15) is 18.0 Å². The molecule has 0 bridgehead atoms. The summed E-state index contributed by atoms with van der Waals surface area (Å²) in [5.41, 5.74) is 0.299. The zero-order valence-corrected chi connectivity index (χ0v) is 16.2. The van der Waals surface area contributed by atoms with E-state index in [0.717, 1.165) is 38.1 Å². The molecule has 0 atom stereocenters. The zero-order valence-electron chi connectivity index (χ0n) is 16.2. The minimum Gasteiger partial charge on any atom is -0.348 e. The standard InChI is InChI=1S/C20H25F3N4O/c1-12(2)27-9-7-16(8-10-27)25-19(28)17-13(3)24-18(26-17)14-5-4-6-15(11-14)20(21,22)23/h4-6,11-12,16H,7-10H2,1-3H3,(H,24,26)(H,25,28). The Labute approximate surface area is 162 Å². The molecule has 8 heteroatoms. The van der Waals surface area contributed by atoms with Gasteiger partial charge in [0.15, 0.2) is 0 Å². The Kier molecular flexibility index (Phi) is 5.79. The van der Waals surface area contributed by atoms with Crippen LogP contribution in [-0.2, 0) is 6.18 Å². The lowest BCUT2D eigenvalue weighted by Gasteiger charge is -2.34. The van der Waals surface area contributed by atoms with Crippen molar-refractivity contribution in [2.75, 3.05) is 13.1 Å². The summed E-state index contributed by atoms with van der Waals surface area (Å²) in [6.45, 7) is 7.86. The number of H-pyrrole nitrogens is 1. The van der Waals surface area contributed by atoms with Crippen LogP contribution in [-0.4, -0.2) is 45.9 Å². The molecule has 1 aromatic carbocycles. The SMILES string of the molecule is Cc1[nH]c(-c2cccc(C(F)(F)F)c2)nc1C(=O)NC1CCN(C(C)C)CC1. The van der Waals surface area contributed by atoms with Gasteiger partial charge < -0.3 is 15.2 Å². The molecule has 0 saturated carbocycles. The zero-order chi connectivity index (χ0) is 20.5. The molecule has 2 N–H and O–H groups in total. The number of aromatic amines is 1. The summed E-state index contributed by atoms with van der Waals surface area (Å²) < 4.78 is 38.8. The lowest BCUT2D eigenvalue weighted by atomic mass is 10.0. The van der Waals surface area contributed by atoms with Crippen molar-refractivity contribution in [1.29, 1.82) is 0 Å². The number of benzene rings is 1. The van der Waals surface area contributed by atoms with Gasteiger partial charge >= 0.3 is 6.18 Å². The first-order chi connectivity index (χ1) is 13.1. The van der Waals surface area contributed by atoms with Crippen LogP contribution in [0.25, 0.3) is 11.4 Å². The Morgan fingerprint density at radius 1 is 1.29 bits per heavy atom. The Morgan fingerprint density at radius 2 is 1.96 bits per heavy atom. The van der Waals surface area contributed by atoms with Crippen LogP contribution in [0.15, 0.2) is 24.3 Å². The minimum absolute atomic E-state index is 0.0793. The molecule has 1 aliphatic heterocycles. The molecular formula is C20H25F3N4O. The lowest BCUT2D eigenvalue weighted by molar-refractivity contribution is -0.137. The fourth-order valence-electron chi connectivity index (χ4n) is 3.47. The number of hydrogen-bond acceptors (Lipinski definition) is 3. The lowest BCUT2D eigenvalue weighted by Crippen LogP contribution is -2.46. The first-order valence-corrected chi connectivity index (χ1v) is 9.44. The Morgan fingerprint density at radius 3 is 2.57 bits per heavy atom. The second-order valence-corrected chi connectivity index (χ2v) is 7.52. The highest BCUT2D eigenvalue weighted by atomic mass is 19.4. The Hall–Kier alpha value is -2.35. The number of carbonyl (C=O) groups excluding carboxylic acids is 1. The fraction of sp³-hybridized carbons (Fsp3) is 0.500. The van der Waals surface area contributed by atoms with E-state index in [-0.39, 0.29) is 23.5 Å². The molecule has 3 rings (SSSR count). The number of nitrogens with one attached hydrogen (secondary N) is 2. The molecule has 1 aromatic heterocycles. The van der Waals surface area contributed by atoms with Gasteiger partial charge in [-0.2, -0.15) is 13.2 Å². The van der Waals surface area contributed by atoms with Gasteiger partial charge in [0, 0.05) is 36.4 Å². The number of rotatable bonds is 4. The number of piperidine rings is 1. The summed E-state index contributed by atoms with van der Waals surface area (Å²) in [6, 6.07) is 5.48. The predicted molar refractivity (Wildman–Crippen MR) is 101 cm³/mol. The molecule has 2 aromatic rings. The molecule has 0 spiro atoms. The molecule has 0 radical (unpaired) electrons. The summed E-state index contributed by atoms with van der Waals surface area (Å²) in [4.78, 5) is 22.2. The van der Waals surface area contributed by atoms with E-state index in [4.69, 9.17) is 0 Å². The monoisotopic (exact) mass is 394 g/mol. The van der Waals surface area contributed by atoms with Crippen molar-refractivity contribution < 1.29 is 18.0 Å². The maximum absolute atomic E-state index is 12.9. The van der Waals surface area contributed by atoms with Gasteiger partial charge in [0.25, 0.3) is 5.91 Å². The molecule has 1 fully saturated rings. The van der Waals surface area contributed by atoms with Crippen LogP contribution in [0.1, 0.15) is 48.4 Å². The molecule has 28 heavy (non-hydrogen) atoms. The molecule has 152 valence electrons. The van der Waals surface area contributed by atoms with E-state index in [1.54, 1.807) is 6.92 Å². The largest absolute Gasteiger partial charge is 0.416 e. The van der Waals surface area contributed by atoms with Crippen LogP contribution in [0.2, 0.25) is 0 Å². The van der Waals surface area contributed by atoms with E-state index >= 15 is 0 Å². The first-order valence-electron chi connectivity index (χ1n) is 9.44. The van der Waals surface area contributed by atoms with Gasteiger partial charge in [-0.25, -0.2) is 4.98 Å². The molecule has 1 amide bonds. The van der Waals surface area contributed by atoms with Crippen LogP contribution in [0.3, 0.4) is 0 Å². The van der Waals surface area contributed by atoms with Crippen molar-refractivity contribution in [2.45, 2.75) is 51.9 Å². The number of imidazole rings is 1. The Bertz CT molecular complexity index is 836. The van der Waals surface area contributed by atoms with Gasteiger partial charge in [0.1, 0.15) is 11.5 Å². The van der Waals surface area contributed by atoms with Crippen molar-refractivity contribution in [3.05, 3.63) is 41.2 Å². The summed E-state index contributed by atoms with van der Waals surface area (Å²) in [7, 11) is 0. The topological polar surface area (TPSA) is 61.0 Å². The summed E-state index contributed by atoms with van der Waals surface area (Å²) >= 11 is 0. The van der Waals surface area contributed by atoms with Gasteiger partial charge in [-0.1, -0.05) is 12.1 Å². The average molecular weight is 394 g/mol. The van der Waals surface area contributed by atoms with Gasteiger partial charge in [-0.15, -0.1) is 0 Å². The van der Waals surface area contributed by atoms with E-state index in [0.29, 0.717) is 17.3 Å². The Balaban J connectivity index is 1.71. The predicted octanol–water partition coefficient (Wildman–Crippen LogP) is 4.01. The van der Waals surface area contributed by atoms with E-state index < -0.39 is 11.7 Å². The number of alkyl halides is 3. The second kappa shape index (κ2) is 7.95. The van der Waals surface area contributed by atoms with Crippen molar-refractivity contribution >= 4 is 5.91 Å². The van der Waals surface area contributed by atoms with Gasteiger partial charge in [-0.05, 0) is 45.7 Å². The number of hydrogen-bond donors (Lipinski definition) is 2. The summed E-state index contributed by atoms with van der Waals surface area (Å²) in [6.07, 6.45) is -2.69. The highest BCUT2D eigenvalue weighted by Gasteiger charge is 2.31. The van der Waals surface area contributed by atoms with Crippen LogP contribution < -0.4 is 5.32 Å². The maximum atomic E-state index is 12.9. The molecule has 5 nitrogen and oxygen atoms in total. The first kappa shape index (κ1) is 20.4. The van der Waals surface area contributed by atoms with Crippen LogP contribution in [0, 0.1) is 6.92 Å². The normalized spacial score (nSPS) is 16.5. The third-order valence-electron chi connectivity index (χ3n) is 5.16. The quantitative estimate of drug-likeness (QED) is 0.824. The number of aryl methyl sites for hydroxylation is 1.